The molecule has 0 aliphatic carbocycles. The van der Waals surface area contributed by atoms with Gasteiger partial charge in [-0.3, -0.25) is 0 Å². The number of nitrogens with one attached hydrogen (secondary N) is 1. The van der Waals surface area contributed by atoms with Gasteiger partial charge in [0.2, 0.25) is 0 Å². The minimum absolute atomic E-state index is 0.140. The molecule has 1 N–H and O–H groups in total. The lowest BCUT2D eigenvalue weighted by molar-refractivity contribution is -0.119. The lowest BCUT2D eigenvalue weighted by Crippen LogP contribution is -2.39. The van der Waals surface area contributed by atoms with Gasteiger partial charge in [-0.25, -0.2) is 0 Å². The zero-order valence-corrected chi connectivity index (χ0v) is 10.7. The van der Waals surface area contributed by atoms with Gasteiger partial charge in [-0.2, -0.15) is 0 Å². The minimum Gasteiger partial charge on any atom is -0.354 e. The van der Waals surface area contributed by atoms with Gasteiger partial charge in [0.25, 0.3) is 0 Å². The van der Waals surface area contributed by atoms with Crippen LogP contribution in [0.4, 0.5) is 0 Å². The van der Waals surface area contributed by atoms with E-state index < -0.39 is 0 Å². The Hall–Kier alpha value is -0.130. The van der Waals surface area contributed by atoms with Gasteiger partial charge in [0.05, 0.1) is 11.1 Å². The second-order valence-electron chi connectivity index (χ2n) is 3.24. The first-order valence-electron chi connectivity index (χ1n) is 4.69. The van der Waals surface area contributed by atoms with E-state index in [4.69, 9.17) is 21.1 Å². The van der Waals surface area contributed by atoms with Gasteiger partial charge in [0.15, 0.2) is 6.29 Å². The van der Waals surface area contributed by atoms with Crippen LogP contribution < -0.4 is 5.32 Å². The van der Waals surface area contributed by atoms with Crippen LogP contribution in [0.1, 0.15) is 11.8 Å². The van der Waals surface area contributed by atoms with Crippen LogP contribution in [0, 0.1) is 0 Å². The maximum absolute atomic E-state index is 5.83. The summed E-state index contributed by atoms with van der Waals surface area (Å²) in [5.41, 5.74) is 0. The molecule has 0 fully saturated rings. The fourth-order valence-electron chi connectivity index (χ4n) is 1.31. The summed E-state index contributed by atoms with van der Waals surface area (Å²) in [6.07, 6.45) is -0.222. The van der Waals surface area contributed by atoms with Crippen molar-refractivity contribution in [1.82, 2.24) is 5.32 Å². The first kappa shape index (κ1) is 12.9. The van der Waals surface area contributed by atoms with Crippen molar-refractivity contribution in [2.24, 2.45) is 0 Å². The fourth-order valence-corrected chi connectivity index (χ4v) is 2.33. The summed E-state index contributed by atoms with van der Waals surface area (Å²) < 4.78 is 10.3. The van der Waals surface area contributed by atoms with Crippen molar-refractivity contribution in [1.29, 1.82) is 0 Å². The average Bonchev–Trinajstić information content (AvgIpc) is 2.63. The monoisotopic (exact) mass is 249 g/mol. The standard InChI is InChI=1S/C10H16ClNO2S/c1-7(10(13-2)14-3)12-5-9-4-8(11)6-15-9/h4,6-7,10,12H,5H2,1-3H3. The Bertz CT molecular complexity index is 289. The molecule has 0 spiro atoms. The highest BCUT2D eigenvalue weighted by molar-refractivity contribution is 7.10. The van der Waals surface area contributed by atoms with Gasteiger partial charge in [0.1, 0.15) is 0 Å². The lowest BCUT2D eigenvalue weighted by atomic mass is 10.3. The van der Waals surface area contributed by atoms with Gasteiger partial charge in [-0.1, -0.05) is 11.6 Å². The molecular weight excluding hydrogens is 234 g/mol. The molecule has 1 heterocycles. The van der Waals surface area contributed by atoms with Gasteiger partial charge < -0.3 is 14.8 Å². The zero-order valence-electron chi connectivity index (χ0n) is 9.12. The molecule has 0 saturated heterocycles. The molecule has 0 amide bonds. The minimum atomic E-state index is -0.222. The highest BCUT2D eigenvalue weighted by Crippen LogP contribution is 2.18. The SMILES string of the molecule is COC(OC)C(C)NCc1cc(Cl)cs1. The first-order chi connectivity index (χ1) is 7.17. The van der Waals surface area contributed by atoms with Gasteiger partial charge >= 0.3 is 0 Å². The molecule has 1 aromatic heterocycles. The third-order valence-electron chi connectivity index (χ3n) is 2.09. The number of halogens is 1. The van der Waals surface area contributed by atoms with E-state index in [-0.39, 0.29) is 12.3 Å². The Morgan fingerprint density at radius 2 is 2.13 bits per heavy atom. The van der Waals surface area contributed by atoms with Crippen LogP contribution in [0.25, 0.3) is 0 Å². The summed E-state index contributed by atoms with van der Waals surface area (Å²) >= 11 is 7.47. The topological polar surface area (TPSA) is 30.5 Å². The molecule has 1 aromatic rings. The van der Waals surface area contributed by atoms with E-state index in [1.165, 1.54) is 4.88 Å². The van der Waals surface area contributed by atoms with Crippen LogP contribution in [-0.2, 0) is 16.0 Å². The number of hydrogen-bond acceptors (Lipinski definition) is 4. The molecule has 0 aromatic carbocycles. The predicted octanol–water partition coefficient (Wildman–Crippen LogP) is 2.50. The second-order valence-corrected chi connectivity index (χ2v) is 4.67. The van der Waals surface area contributed by atoms with E-state index in [1.807, 2.05) is 18.4 Å². The maximum atomic E-state index is 5.83. The second kappa shape index (κ2) is 6.45. The smallest absolute Gasteiger partial charge is 0.171 e. The zero-order chi connectivity index (χ0) is 11.3. The van der Waals surface area contributed by atoms with Crippen molar-refractivity contribution in [3.05, 3.63) is 21.3 Å². The van der Waals surface area contributed by atoms with Crippen LogP contribution in [0.5, 0.6) is 0 Å². The summed E-state index contributed by atoms with van der Waals surface area (Å²) in [4.78, 5) is 1.21. The molecule has 1 atom stereocenters. The molecule has 3 nitrogen and oxygen atoms in total. The maximum Gasteiger partial charge on any atom is 0.171 e. The summed E-state index contributed by atoms with van der Waals surface area (Å²) in [5, 5.41) is 6.03. The summed E-state index contributed by atoms with van der Waals surface area (Å²) in [5.74, 6) is 0. The van der Waals surface area contributed by atoms with Crippen LogP contribution in [-0.4, -0.2) is 26.6 Å². The van der Waals surface area contributed by atoms with Crippen molar-refractivity contribution in [2.45, 2.75) is 25.8 Å². The average molecular weight is 250 g/mol. The number of hydrogen-bond donors (Lipinski definition) is 1. The van der Waals surface area contributed by atoms with E-state index in [0.29, 0.717) is 0 Å². The van der Waals surface area contributed by atoms with Crippen molar-refractivity contribution >= 4 is 22.9 Å². The molecule has 5 heteroatoms. The fraction of sp³-hybridized carbons (Fsp3) is 0.600. The third-order valence-corrected chi connectivity index (χ3v) is 3.38. The number of rotatable bonds is 6. The Balaban J connectivity index is 2.36. The van der Waals surface area contributed by atoms with Crippen LogP contribution >= 0.6 is 22.9 Å². The van der Waals surface area contributed by atoms with Crippen molar-refractivity contribution in [3.8, 4) is 0 Å². The number of thiophene rings is 1. The number of ether oxygens (including phenoxy) is 2. The molecule has 86 valence electrons. The van der Waals surface area contributed by atoms with E-state index in [1.54, 1.807) is 25.6 Å². The molecule has 0 saturated carbocycles. The predicted molar refractivity (Wildman–Crippen MR) is 63.4 cm³/mol. The lowest BCUT2D eigenvalue weighted by Gasteiger charge is -2.21. The van der Waals surface area contributed by atoms with Crippen LogP contribution in [0.15, 0.2) is 11.4 Å². The van der Waals surface area contributed by atoms with E-state index in [0.717, 1.165) is 11.6 Å². The Kier molecular flexibility index (Phi) is 5.56. The summed E-state index contributed by atoms with van der Waals surface area (Å²) in [6, 6.07) is 2.10. The highest BCUT2D eigenvalue weighted by Gasteiger charge is 2.14. The molecule has 1 rings (SSSR count). The van der Waals surface area contributed by atoms with Crippen molar-refractivity contribution < 1.29 is 9.47 Å². The molecule has 0 aliphatic rings. The van der Waals surface area contributed by atoms with E-state index >= 15 is 0 Å². The summed E-state index contributed by atoms with van der Waals surface area (Å²) in [6.45, 7) is 2.80. The molecule has 1 unspecified atom stereocenters. The van der Waals surface area contributed by atoms with E-state index in [9.17, 15) is 0 Å². The van der Waals surface area contributed by atoms with Gasteiger partial charge in [-0.05, 0) is 13.0 Å². The molecule has 0 aliphatic heterocycles. The summed E-state index contributed by atoms with van der Waals surface area (Å²) in [7, 11) is 3.27. The normalized spacial score (nSPS) is 13.4. The number of methoxy groups -OCH3 is 2. The van der Waals surface area contributed by atoms with Crippen molar-refractivity contribution in [2.75, 3.05) is 14.2 Å². The molecule has 0 bridgehead atoms. The largest absolute Gasteiger partial charge is 0.354 e. The van der Waals surface area contributed by atoms with Crippen LogP contribution in [0.3, 0.4) is 0 Å². The quantitative estimate of drug-likeness (QED) is 0.786. The Morgan fingerprint density at radius 3 is 2.60 bits per heavy atom. The Morgan fingerprint density at radius 1 is 1.47 bits per heavy atom. The van der Waals surface area contributed by atoms with Crippen LogP contribution in [0.2, 0.25) is 5.02 Å². The van der Waals surface area contributed by atoms with Gasteiger partial charge in [0, 0.05) is 31.0 Å². The highest BCUT2D eigenvalue weighted by atomic mass is 35.5. The van der Waals surface area contributed by atoms with E-state index in [2.05, 4.69) is 5.32 Å². The molecular formula is C10H16ClNO2S. The first-order valence-corrected chi connectivity index (χ1v) is 5.95. The van der Waals surface area contributed by atoms with Gasteiger partial charge in [-0.15, -0.1) is 11.3 Å². The van der Waals surface area contributed by atoms with Crippen molar-refractivity contribution in [3.63, 3.8) is 0 Å². The third kappa shape index (κ3) is 4.09. The molecule has 15 heavy (non-hydrogen) atoms. The molecule has 0 radical (unpaired) electrons. The Labute approximate surface area is 99.3 Å².